The van der Waals surface area contributed by atoms with Crippen LogP contribution in [0.2, 0.25) is 0 Å². The van der Waals surface area contributed by atoms with Crippen molar-refractivity contribution in [3.63, 3.8) is 0 Å². The molecule has 1 unspecified atom stereocenters. The number of ketones is 1. The summed E-state index contributed by atoms with van der Waals surface area (Å²) in [6.07, 6.45) is -0.575. The minimum absolute atomic E-state index is 0.0616. The topological polar surface area (TPSA) is 84.6 Å². The van der Waals surface area contributed by atoms with E-state index < -0.39 is 6.10 Å². The average Bonchev–Trinajstić information content (AvgIpc) is 2.26. The Hall–Kier alpha value is -1.59. The summed E-state index contributed by atoms with van der Waals surface area (Å²) in [4.78, 5) is 11.2. The number of methoxy groups -OCH3 is 1. The van der Waals surface area contributed by atoms with Gasteiger partial charge in [0, 0.05) is 30.6 Å². The first kappa shape index (κ1) is 13.5. The number of carbonyl (C=O) groups excluding carboxylic acids is 1. The Morgan fingerprint density at radius 2 is 2.29 bits per heavy atom. The maximum absolute atomic E-state index is 11.2. The summed E-state index contributed by atoms with van der Waals surface area (Å²) in [5, 5.41) is 12.5. The minimum Gasteiger partial charge on any atom is -0.398 e. The van der Waals surface area contributed by atoms with Crippen LogP contribution in [0.1, 0.15) is 17.3 Å². The molecule has 0 aliphatic rings. The predicted molar refractivity (Wildman–Crippen MR) is 67.2 cm³/mol. The van der Waals surface area contributed by atoms with Gasteiger partial charge in [0.05, 0.1) is 12.7 Å². The molecule has 0 bridgehead atoms. The Kier molecular flexibility index (Phi) is 4.93. The van der Waals surface area contributed by atoms with E-state index in [0.717, 1.165) is 5.69 Å². The fourth-order valence-corrected chi connectivity index (χ4v) is 1.48. The highest BCUT2D eigenvalue weighted by Crippen LogP contribution is 2.18. The molecule has 0 aliphatic carbocycles. The summed E-state index contributed by atoms with van der Waals surface area (Å²) < 4.78 is 4.81. The first-order valence-corrected chi connectivity index (χ1v) is 5.36. The molecule has 0 saturated carbocycles. The molecule has 1 atom stereocenters. The van der Waals surface area contributed by atoms with Crippen molar-refractivity contribution in [3.05, 3.63) is 23.8 Å². The van der Waals surface area contributed by atoms with E-state index in [9.17, 15) is 9.90 Å². The van der Waals surface area contributed by atoms with Crippen LogP contribution in [-0.4, -0.2) is 37.3 Å². The van der Waals surface area contributed by atoms with Crippen molar-refractivity contribution in [3.8, 4) is 0 Å². The van der Waals surface area contributed by atoms with Crippen LogP contribution in [0.3, 0.4) is 0 Å². The van der Waals surface area contributed by atoms with Gasteiger partial charge in [-0.2, -0.15) is 0 Å². The van der Waals surface area contributed by atoms with Crippen molar-refractivity contribution in [2.45, 2.75) is 13.0 Å². The average molecular weight is 238 g/mol. The third-order valence-electron chi connectivity index (χ3n) is 2.33. The Morgan fingerprint density at radius 1 is 1.59 bits per heavy atom. The summed E-state index contributed by atoms with van der Waals surface area (Å²) in [5.74, 6) is -0.0616. The van der Waals surface area contributed by atoms with Gasteiger partial charge < -0.3 is 20.9 Å². The number of benzene rings is 1. The molecule has 0 aliphatic heterocycles. The van der Waals surface area contributed by atoms with Crippen LogP contribution in [0.15, 0.2) is 18.2 Å². The molecule has 94 valence electrons. The molecule has 0 fully saturated rings. The van der Waals surface area contributed by atoms with Crippen LogP contribution >= 0.6 is 0 Å². The number of hydrogen-bond donors (Lipinski definition) is 3. The van der Waals surface area contributed by atoms with Crippen molar-refractivity contribution >= 4 is 17.2 Å². The van der Waals surface area contributed by atoms with E-state index in [1.54, 1.807) is 18.2 Å². The minimum atomic E-state index is -0.575. The fourth-order valence-electron chi connectivity index (χ4n) is 1.48. The summed E-state index contributed by atoms with van der Waals surface area (Å²) in [7, 11) is 1.53. The van der Waals surface area contributed by atoms with Gasteiger partial charge in [0.15, 0.2) is 5.78 Å². The third kappa shape index (κ3) is 4.05. The lowest BCUT2D eigenvalue weighted by Crippen LogP contribution is -2.24. The number of hydrogen-bond acceptors (Lipinski definition) is 5. The van der Waals surface area contributed by atoms with E-state index in [1.165, 1.54) is 14.0 Å². The molecule has 5 nitrogen and oxygen atoms in total. The Labute approximate surface area is 101 Å². The second kappa shape index (κ2) is 6.22. The summed E-state index contributed by atoms with van der Waals surface area (Å²) in [5.41, 5.74) is 7.45. The number of nitrogens with two attached hydrogens (primary N) is 1. The number of anilines is 2. The lowest BCUT2D eigenvalue weighted by Gasteiger charge is -2.12. The van der Waals surface area contributed by atoms with Crippen molar-refractivity contribution in [1.82, 2.24) is 0 Å². The molecule has 1 aromatic rings. The zero-order valence-corrected chi connectivity index (χ0v) is 10.1. The van der Waals surface area contributed by atoms with Gasteiger partial charge in [-0.25, -0.2) is 0 Å². The quantitative estimate of drug-likeness (QED) is 0.506. The monoisotopic (exact) mass is 238 g/mol. The molecule has 5 heteroatoms. The first-order valence-electron chi connectivity index (χ1n) is 5.36. The van der Waals surface area contributed by atoms with Crippen LogP contribution in [0.5, 0.6) is 0 Å². The fraction of sp³-hybridized carbons (Fsp3) is 0.417. The lowest BCUT2D eigenvalue weighted by molar-refractivity contribution is 0.0727. The zero-order valence-electron chi connectivity index (χ0n) is 10.1. The molecule has 0 aromatic heterocycles. The Balaban J connectivity index is 2.62. The number of ether oxygens (including phenoxy) is 1. The molecule has 0 amide bonds. The Morgan fingerprint density at radius 3 is 2.82 bits per heavy atom. The van der Waals surface area contributed by atoms with E-state index in [0.29, 0.717) is 17.8 Å². The number of aliphatic hydroxyl groups excluding tert-OH is 1. The molecule has 1 aromatic carbocycles. The molecular formula is C12H18N2O3. The van der Waals surface area contributed by atoms with Gasteiger partial charge in [-0.1, -0.05) is 0 Å². The van der Waals surface area contributed by atoms with Crippen LogP contribution < -0.4 is 11.1 Å². The molecule has 0 heterocycles. The highest BCUT2D eigenvalue weighted by molar-refractivity contribution is 5.99. The van der Waals surface area contributed by atoms with Crippen molar-refractivity contribution in [2.75, 3.05) is 31.3 Å². The molecule has 1 rings (SSSR count). The van der Waals surface area contributed by atoms with Gasteiger partial charge in [0.25, 0.3) is 0 Å². The normalized spacial score (nSPS) is 12.2. The SMILES string of the molecule is COCC(O)CNc1ccc(C(C)=O)c(N)c1. The van der Waals surface area contributed by atoms with Crippen LogP contribution in [0.4, 0.5) is 11.4 Å². The highest BCUT2D eigenvalue weighted by Gasteiger charge is 2.06. The standard InChI is InChI=1S/C12H18N2O3/c1-8(15)11-4-3-9(5-12(11)13)14-6-10(16)7-17-2/h3-5,10,14,16H,6-7,13H2,1-2H3. The van der Waals surface area contributed by atoms with Crippen LogP contribution in [0, 0.1) is 0 Å². The molecular weight excluding hydrogens is 220 g/mol. The van der Waals surface area contributed by atoms with Crippen molar-refractivity contribution < 1.29 is 14.6 Å². The van der Waals surface area contributed by atoms with E-state index in [2.05, 4.69) is 5.32 Å². The molecule has 0 saturated heterocycles. The van der Waals surface area contributed by atoms with Crippen LogP contribution in [0.25, 0.3) is 0 Å². The van der Waals surface area contributed by atoms with Gasteiger partial charge in [-0.05, 0) is 25.1 Å². The highest BCUT2D eigenvalue weighted by atomic mass is 16.5. The first-order chi connectivity index (χ1) is 8.04. The number of rotatable bonds is 6. The number of Topliss-reactive ketones (excluding diaryl/α,β-unsaturated/α-hetero) is 1. The van der Waals surface area contributed by atoms with Crippen molar-refractivity contribution in [2.24, 2.45) is 0 Å². The Bertz CT molecular complexity index is 393. The number of nitrogens with one attached hydrogen (secondary N) is 1. The largest absolute Gasteiger partial charge is 0.398 e. The van der Waals surface area contributed by atoms with Crippen LogP contribution in [-0.2, 0) is 4.74 Å². The number of nitrogen functional groups attached to an aromatic ring is 1. The predicted octanol–water partition coefficient (Wildman–Crippen LogP) is 0.891. The maximum atomic E-state index is 11.2. The molecule has 17 heavy (non-hydrogen) atoms. The van der Waals surface area contributed by atoms with Gasteiger partial charge in [0.1, 0.15) is 0 Å². The van der Waals surface area contributed by atoms with Gasteiger partial charge >= 0.3 is 0 Å². The smallest absolute Gasteiger partial charge is 0.161 e. The summed E-state index contributed by atoms with van der Waals surface area (Å²) >= 11 is 0. The maximum Gasteiger partial charge on any atom is 0.161 e. The second-order valence-electron chi connectivity index (χ2n) is 3.85. The van der Waals surface area contributed by atoms with E-state index >= 15 is 0 Å². The number of aliphatic hydroxyl groups is 1. The summed E-state index contributed by atoms with van der Waals surface area (Å²) in [6.45, 7) is 2.11. The third-order valence-corrected chi connectivity index (χ3v) is 2.33. The molecule has 0 spiro atoms. The van der Waals surface area contributed by atoms with Gasteiger partial charge in [-0.3, -0.25) is 4.79 Å². The zero-order chi connectivity index (χ0) is 12.8. The van der Waals surface area contributed by atoms with Gasteiger partial charge in [-0.15, -0.1) is 0 Å². The van der Waals surface area contributed by atoms with E-state index in [-0.39, 0.29) is 12.4 Å². The second-order valence-corrected chi connectivity index (χ2v) is 3.85. The lowest BCUT2D eigenvalue weighted by atomic mass is 10.1. The molecule has 0 radical (unpaired) electrons. The molecule has 4 N–H and O–H groups in total. The van der Waals surface area contributed by atoms with E-state index in [4.69, 9.17) is 10.5 Å². The van der Waals surface area contributed by atoms with Crippen molar-refractivity contribution in [1.29, 1.82) is 0 Å². The number of carbonyl (C=O) groups is 1. The van der Waals surface area contributed by atoms with Gasteiger partial charge in [0.2, 0.25) is 0 Å². The van der Waals surface area contributed by atoms with E-state index in [1.807, 2.05) is 0 Å². The summed E-state index contributed by atoms with van der Waals surface area (Å²) in [6, 6.07) is 5.10.